The molecular weight excluding hydrogens is 242 g/mol. The second kappa shape index (κ2) is 5.48. The first-order chi connectivity index (χ1) is 9.17. The zero-order chi connectivity index (χ0) is 13.8. The summed E-state index contributed by atoms with van der Waals surface area (Å²) >= 11 is 0. The average Bonchev–Trinajstić information content (AvgIpc) is 2.87. The Hall–Kier alpha value is -2.42. The third kappa shape index (κ3) is 2.55. The summed E-state index contributed by atoms with van der Waals surface area (Å²) in [6, 6.07) is 2.14. The second-order valence-corrected chi connectivity index (χ2v) is 4.34. The Labute approximate surface area is 111 Å². The highest BCUT2D eigenvalue weighted by atomic mass is 16.2. The highest BCUT2D eigenvalue weighted by Gasteiger charge is 2.20. The lowest BCUT2D eigenvalue weighted by Crippen LogP contribution is -2.34. The third-order valence-corrected chi connectivity index (χ3v) is 2.94. The molecule has 0 saturated heterocycles. The lowest BCUT2D eigenvalue weighted by molar-refractivity contribution is 0.0754. The molecule has 1 atom stereocenters. The molecule has 0 saturated carbocycles. The number of carbonyl (C=O) groups excluding carboxylic acids is 1. The predicted octanol–water partition coefficient (Wildman–Crippen LogP) is 1.35. The number of amides is 1. The molecule has 0 spiro atoms. The topological polar surface area (TPSA) is 74.3 Å². The van der Waals surface area contributed by atoms with Crippen molar-refractivity contribution in [3.8, 4) is 6.07 Å². The van der Waals surface area contributed by atoms with Crippen LogP contribution in [0.25, 0.3) is 5.52 Å². The molecule has 0 N–H and O–H groups in total. The van der Waals surface area contributed by atoms with E-state index in [2.05, 4.69) is 16.2 Å². The number of carbonyl (C=O) groups is 1. The Bertz CT molecular complexity index is 627. The quantitative estimate of drug-likeness (QED) is 0.828. The lowest BCUT2D eigenvalue weighted by atomic mass is 10.1. The molecule has 0 bridgehead atoms. The van der Waals surface area contributed by atoms with Crippen LogP contribution in [0.2, 0.25) is 0 Å². The first-order valence-corrected chi connectivity index (χ1v) is 6.13. The molecule has 6 nitrogen and oxygen atoms in total. The number of rotatable bonds is 4. The van der Waals surface area contributed by atoms with Gasteiger partial charge < -0.3 is 4.90 Å². The average molecular weight is 257 g/mol. The van der Waals surface area contributed by atoms with Crippen LogP contribution in [0.15, 0.2) is 24.8 Å². The number of hydrogen-bond donors (Lipinski definition) is 0. The molecule has 0 aliphatic heterocycles. The van der Waals surface area contributed by atoms with Crippen LogP contribution in [0.4, 0.5) is 0 Å². The standard InChI is InChI=1S/C13H15N5O/c1-3-17(9-10(2)6-14)13(19)11-7-16-18-5-4-15-8-12(11)18/h4-5,7-8,10H,3,9H2,1-2H3. The maximum Gasteiger partial charge on any atom is 0.257 e. The van der Waals surface area contributed by atoms with Crippen molar-refractivity contribution in [2.24, 2.45) is 5.92 Å². The molecule has 19 heavy (non-hydrogen) atoms. The van der Waals surface area contributed by atoms with Crippen LogP contribution in [0.5, 0.6) is 0 Å². The minimum Gasteiger partial charge on any atom is -0.338 e. The number of aromatic nitrogens is 3. The zero-order valence-electron chi connectivity index (χ0n) is 10.9. The summed E-state index contributed by atoms with van der Waals surface area (Å²) in [4.78, 5) is 18.1. The van der Waals surface area contributed by atoms with Crippen molar-refractivity contribution < 1.29 is 4.79 Å². The van der Waals surface area contributed by atoms with E-state index in [0.717, 1.165) is 0 Å². The van der Waals surface area contributed by atoms with Crippen LogP contribution in [-0.2, 0) is 0 Å². The molecule has 2 heterocycles. The van der Waals surface area contributed by atoms with Gasteiger partial charge in [0.25, 0.3) is 5.91 Å². The first-order valence-electron chi connectivity index (χ1n) is 6.13. The van der Waals surface area contributed by atoms with Gasteiger partial charge in [0, 0.05) is 25.5 Å². The van der Waals surface area contributed by atoms with Gasteiger partial charge in [-0.2, -0.15) is 10.4 Å². The molecule has 6 heteroatoms. The Morgan fingerprint density at radius 3 is 3.05 bits per heavy atom. The largest absolute Gasteiger partial charge is 0.338 e. The second-order valence-electron chi connectivity index (χ2n) is 4.34. The first kappa shape index (κ1) is 13.0. The van der Waals surface area contributed by atoms with E-state index in [1.54, 1.807) is 41.1 Å². The minimum atomic E-state index is -0.191. The van der Waals surface area contributed by atoms with Gasteiger partial charge in [0.2, 0.25) is 0 Å². The van der Waals surface area contributed by atoms with Crippen LogP contribution in [-0.4, -0.2) is 38.5 Å². The highest BCUT2D eigenvalue weighted by Crippen LogP contribution is 2.13. The van der Waals surface area contributed by atoms with Gasteiger partial charge in [-0.05, 0) is 13.8 Å². The summed E-state index contributed by atoms with van der Waals surface area (Å²) in [7, 11) is 0. The number of nitrogens with zero attached hydrogens (tertiary/aromatic N) is 5. The zero-order valence-corrected chi connectivity index (χ0v) is 10.9. The molecule has 98 valence electrons. The Morgan fingerprint density at radius 2 is 2.37 bits per heavy atom. The van der Waals surface area contributed by atoms with Crippen molar-refractivity contribution >= 4 is 11.4 Å². The van der Waals surface area contributed by atoms with E-state index >= 15 is 0 Å². The Kier molecular flexibility index (Phi) is 3.76. The van der Waals surface area contributed by atoms with Gasteiger partial charge in [-0.3, -0.25) is 9.78 Å². The molecule has 0 aliphatic rings. The maximum absolute atomic E-state index is 12.4. The van der Waals surface area contributed by atoms with E-state index in [4.69, 9.17) is 5.26 Å². The van der Waals surface area contributed by atoms with E-state index in [9.17, 15) is 4.79 Å². The number of nitriles is 1. The summed E-state index contributed by atoms with van der Waals surface area (Å²) in [5, 5.41) is 13.0. The maximum atomic E-state index is 12.4. The normalized spacial score (nSPS) is 12.1. The molecule has 0 aliphatic carbocycles. The van der Waals surface area contributed by atoms with Gasteiger partial charge in [0.1, 0.15) is 0 Å². The fraction of sp³-hybridized carbons (Fsp3) is 0.385. The molecule has 0 radical (unpaired) electrons. The van der Waals surface area contributed by atoms with Crippen LogP contribution < -0.4 is 0 Å². The molecule has 1 amide bonds. The van der Waals surface area contributed by atoms with E-state index in [-0.39, 0.29) is 11.8 Å². The van der Waals surface area contributed by atoms with E-state index in [0.29, 0.717) is 24.2 Å². The van der Waals surface area contributed by atoms with Crippen molar-refractivity contribution in [3.05, 3.63) is 30.4 Å². The highest BCUT2D eigenvalue weighted by molar-refractivity contribution is 6.00. The molecule has 2 rings (SSSR count). The van der Waals surface area contributed by atoms with Crippen LogP contribution in [0.3, 0.4) is 0 Å². The van der Waals surface area contributed by atoms with Crippen molar-refractivity contribution in [1.82, 2.24) is 19.5 Å². The van der Waals surface area contributed by atoms with E-state index in [1.165, 1.54) is 0 Å². The molecule has 2 aromatic rings. The third-order valence-electron chi connectivity index (χ3n) is 2.94. The fourth-order valence-electron chi connectivity index (χ4n) is 1.90. The Balaban J connectivity index is 2.30. The molecule has 0 aromatic carbocycles. The van der Waals surface area contributed by atoms with Crippen LogP contribution in [0, 0.1) is 17.2 Å². The van der Waals surface area contributed by atoms with Gasteiger partial charge in [0.05, 0.1) is 35.5 Å². The van der Waals surface area contributed by atoms with Gasteiger partial charge in [-0.1, -0.05) is 0 Å². The Morgan fingerprint density at radius 1 is 1.58 bits per heavy atom. The van der Waals surface area contributed by atoms with Gasteiger partial charge in [-0.25, -0.2) is 4.52 Å². The lowest BCUT2D eigenvalue weighted by Gasteiger charge is -2.21. The summed E-state index contributed by atoms with van der Waals surface area (Å²) in [6.07, 6.45) is 6.46. The van der Waals surface area contributed by atoms with Gasteiger partial charge >= 0.3 is 0 Å². The van der Waals surface area contributed by atoms with Crippen molar-refractivity contribution in [2.45, 2.75) is 13.8 Å². The predicted molar refractivity (Wildman–Crippen MR) is 69.3 cm³/mol. The minimum absolute atomic E-state index is 0.118. The molecule has 1 unspecified atom stereocenters. The SMILES string of the molecule is CCN(CC(C)C#N)C(=O)c1cnn2ccncc12. The van der Waals surface area contributed by atoms with Crippen LogP contribution >= 0.6 is 0 Å². The van der Waals surface area contributed by atoms with Crippen molar-refractivity contribution in [2.75, 3.05) is 13.1 Å². The van der Waals surface area contributed by atoms with Gasteiger partial charge in [0.15, 0.2) is 0 Å². The van der Waals surface area contributed by atoms with Crippen molar-refractivity contribution in [1.29, 1.82) is 5.26 Å². The molecule has 0 fully saturated rings. The summed E-state index contributed by atoms with van der Waals surface area (Å²) < 4.78 is 1.61. The number of fused-ring (bicyclic) bond motifs is 1. The van der Waals surface area contributed by atoms with Gasteiger partial charge in [-0.15, -0.1) is 0 Å². The number of hydrogen-bond acceptors (Lipinski definition) is 4. The van der Waals surface area contributed by atoms with E-state index < -0.39 is 0 Å². The smallest absolute Gasteiger partial charge is 0.257 e. The van der Waals surface area contributed by atoms with Crippen LogP contribution in [0.1, 0.15) is 24.2 Å². The summed E-state index contributed by atoms with van der Waals surface area (Å²) in [5.74, 6) is -0.309. The molecule has 2 aromatic heterocycles. The monoisotopic (exact) mass is 257 g/mol. The summed E-state index contributed by atoms with van der Waals surface area (Å²) in [6.45, 7) is 4.67. The van der Waals surface area contributed by atoms with E-state index in [1.807, 2.05) is 6.92 Å². The summed E-state index contributed by atoms with van der Waals surface area (Å²) in [5.41, 5.74) is 1.19. The van der Waals surface area contributed by atoms with Crippen molar-refractivity contribution in [3.63, 3.8) is 0 Å². The molecular formula is C13H15N5O. The fourth-order valence-corrected chi connectivity index (χ4v) is 1.90.